The van der Waals surface area contributed by atoms with Crippen LogP contribution < -0.4 is 11.1 Å². The molecule has 2 aromatic rings. The predicted molar refractivity (Wildman–Crippen MR) is 66.2 cm³/mol. The average molecular weight is 248 g/mol. The molecule has 1 amide bonds. The number of aromatic nitrogens is 4. The maximum Gasteiger partial charge on any atom is 0.291 e. The summed E-state index contributed by atoms with van der Waals surface area (Å²) in [7, 11) is 0. The van der Waals surface area contributed by atoms with E-state index in [1.807, 2.05) is 26.8 Å². The number of carbonyl (C=O) groups is 1. The van der Waals surface area contributed by atoms with E-state index in [9.17, 15) is 4.79 Å². The summed E-state index contributed by atoms with van der Waals surface area (Å²) in [5.41, 5.74) is 7.17. The normalized spacial score (nSPS) is 12.7. The monoisotopic (exact) mass is 248 g/mol. The molecule has 0 aromatic carbocycles. The van der Waals surface area contributed by atoms with E-state index in [-0.39, 0.29) is 17.8 Å². The van der Waals surface area contributed by atoms with E-state index >= 15 is 0 Å². The van der Waals surface area contributed by atoms with Gasteiger partial charge in [-0.1, -0.05) is 0 Å². The summed E-state index contributed by atoms with van der Waals surface area (Å²) < 4.78 is 1.55. The quantitative estimate of drug-likeness (QED) is 0.785. The van der Waals surface area contributed by atoms with Crippen molar-refractivity contribution >= 4 is 11.7 Å². The molecule has 0 aliphatic heterocycles. The highest BCUT2D eigenvalue weighted by atomic mass is 16.2. The van der Waals surface area contributed by atoms with Crippen LogP contribution >= 0.6 is 0 Å². The first-order valence-electron chi connectivity index (χ1n) is 5.73. The van der Waals surface area contributed by atoms with Gasteiger partial charge in [0, 0.05) is 24.0 Å². The van der Waals surface area contributed by atoms with Gasteiger partial charge in [0.05, 0.1) is 0 Å². The third kappa shape index (κ3) is 2.30. The number of amides is 1. The highest BCUT2D eigenvalue weighted by molar-refractivity contribution is 5.91. The van der Waals surface area contributed by atoms with Gasteiger partial charge in [0.1, 0.15) is 0 Å². The third-order valence-corrected chi connectivity index (χ3v) is 2.55. The Labute approximate surface area is 104 Å². The van der Waals surface area contributed by atoms with Crippen LogP contribution in [0.15, 0.2) is 6.07 Å². The van der Waals surface area contributed by atoms with Crippen LogP contribution in [0.1, 0.15) is 28.9 Å². The van der Waals surface area contributed by atoms with Gasteiger partial charge in [-0.25, -0.2) is 9.50 Å². The molecule has 0 aliphatic carbocycles. The van der Waals surface area contributed by atoms with E-state index in [0.717, 1.165) is 11.4 Å². The van der Waals surface area contributed by atoms with Crippen molar-refractivity contribution in [3.63, 3.8) is 0 Å². The molecule has 0 bridgehead atoms. The number of nitrogens with zero attached hydrogens (tertiary/aromatic N) is 4. The third-order valence-electron chi connectivity index (χ3n) is 2.55. The molecule has 18 heavy (non-hydrogen) atoms. The number of hydrogen-bond acceptors (Lipinski definition) is 5. The minimum absolute atomic E-state index is 0.108. The summed E-state index contributed by atoms with van der Waals surface area (Å²) in [5.74, 6) is 0.199. The van der Waals surface area contributed by atoms with Gasteiger partial charge >= 0.3 is 0 Å². The van der Waals surface area contributed by atoms with Gasteiger partial charge in [0.25, 0.3) is 11.7 Å². The Kier molecular flexibility index (Phi) is 3.24. The maximum absolute atomic E-state index is 11.8. The average Bonchev–Trinajstić information content (AvgIpc) is 2.72. The van der Waals surface area contributed by atoms with Crippen molar-refractivity contribution in [2.75, 3.05) is 6.54 Å². The van der Waals surface area contributed by atoms with E-state index < -0.39 is 0 Å². The van der Waals surface area contributed by atoms with Crippen molar-refractivity contribution in [3.8, 4) is 0 Å². The fourth-order valence-corrected chi connectivity index (χ4v) is 1.61. The number of hydrogen-bond donors (Lipinski definition) is 2. The molecule has 2 rings (SSSR count). The van der Waals surface area contributed by atoms with Crippen LogP contribution in [0.2, 0.25) is 0 Å². The van der Waals surface area contributed by atoms with Crippen molar-refractivity contribution < 1.29 is 4.79 Å². The second-order valence-corrected chi connectivity index (χ2v) is 4.30. The van der Waals surface area contributed by atoms with Crippen LogP contribution in [0.4, 0.5) is 0 Å². The van der Waals surface area contributed by atoms with Crippen molar-refractivity contribution in [2.24, 2.45) is 5.73 Å². The SMILES string of the molecule is Cc1cc(C)n2nc(C(=O)N[C@@H](C)CN)nc2n1. The molecule has 2 heterocycles. The summed E-state index contributed by atoms with van der Waals surface area (Å²) in [6, 6.07) is 1.77. The number of nitrogens with one attached hydrogen (secondary N) is 1. The van der Waals surface area contributed by atoms with Crippen LogP contribution in [-0.4, -0.2) is 38.1 Å². The summed E-state index contributed by atoms with van der Waals surface area (Å²) in [4.78, 5) is 20.2. The molecule has 0 fully saturated rings. The summed E-state index contributed by atoms with van der Waals surface area (Å²) >= 11 is 0. The summed E-state index contributed by atoms with van der Waals surface area (Å²) in [6.07, 6.45) is 0. The Hall–Kier alpha value is -2.02. The number of rotatable bonds is 3. The molecule has 0 saturated carbocycles. The first-order chi connectivity index (χ1) is 8.51. The fourth-order valence-electron chi connectivity index (χ4n) is 1.61. The van der Waals surface area contributed by atoms with Crippen molar-refractivity contribution in [1.29, 1.82) is 0 Å². The summed E-state index contributed by atoms with van der Waals surface area (Å²) in [6.45, 7) is 5.95. The Balaban J connectivity index is 2.35. The molecule has 96 valence electrons. The topological polar surface area (TPSA) is 98.2 Å². The van der Waals surface area contributed by atoms with Crippen LogP contribution in [0, 0.1) is 13.8 Å². The van der Waals surface area contributed by atoms with E-state index in [1.54, 1.807) is 4.52 Å². The standard InChI is InChI=1S/C11H16N6O/c1-6-4-8(3)17-11(14-6)15-9(16-17)10(18)13-7(2)5-12/h4,7H,5,12H2,1-3H3,(H,13,18)/t7-/m0/s1. The Bertz CT molecular complexity index is 590. The minimum atomic E-state index is -0.337. The molecule has 0 spiro atoms. The highest BCUT2D eigenvalue weighted by Crippen LogP contribution is 2.05. The molecule has 1 atom stereocenters. The first-order valence-corrected chi connectivity index (χ1v) is 5.73. The van der Waals surface area contributed by atoms with E-state index in [0.29, 0.717) is 12.3 Å². The van der Waals surface area contributed by atoms with E-state index in [4.69, 9.17) is 5.73 Å². The molecular weight excluding hydrogens is 232 g/mol. The Morgan fingerprint density at radius 2 is 2.22 bits per heavy atom. The molecule has 0 saturated heterocycles. The molecule has 0 aliphatic rings. The molecule has 0 radical (unpaired) electrons. The molecular formula is C11H16N6O. The fraction of sp³-hybridized carbons (Fsp3) is 0.455. The number of aryl methyl sites for hydroxylation is 2. The van der Waals surface area contributed by atoms with E-state index in [1.165, 1.54) is 0 Å². The smallest absolute Gasteiger partial charge is 0.291 e. The van der Waals surface area contributed by atoms with Gasteiger partial charge < -0.3 is 11.1 Å². The van der Waals surface area contributed by atoms with Gasteiger partial charge in [0.15, 0.2) is 0 Å². The lowest BCUT2D eigenvalue weighted by Gasteiger charge is -2.08. The second kappa shape index (κ2) is 4.69. The second-order valence-electron chi connectivity index (χ2n) is 4.30. The molecule has 2 aromatic heterocycles. The lowest BCUT2D eigenvalue weighted by atomic mass is 10.3. The molecule has 0 unspecified atom stereocenters. The Morgan fingerprint density at radius 3 is 2.89 bits per heavy atom. The van der Waals surface area contributed by atoms with Crippen LogP contribution in [0.25, 0.3) is 5.78 Å². The first kappa shape index (κ1) is 12.4. The lowest BCUT2D eigenvalue weighted by molar-refractivity contribution is 0.0931. The predicted octanol–water partition coefficient (Wildman–Crippen LogP) is -0.182. The van der Waals surface area contributed by atoms with Crippen LogP contribution in [0.3, 0.4) is 0 Å². The molecule has 7 nitrogen and oxygen atoms in total. The Morgan fingerprint density at radius 1 is 1.50 bits per heavy atom. The minimum Gasteiger partial charge on any atom is -0.346 e. The number of carbonyl (C=O) groups excluding carboxylic acids is 1. The maximum atomic E-state index is 11.8. The van der Waals surface area contributed by atoms with Gasteiger partial charge in [-0.3, -0.25) is 4.79 Å². The van der Waals surface area contributed by atoms with Gasteiger partial charge in [-0.15, -0.1) is 5.10 Å². The van der Waals surface area contributed by atoms with Crippen LogP contribution in [0.5, 0.6) is 0 Å². The van der Waals surface area contributed by atoms with E-state index in [2.05, 4.69) is 20.4 Å². The van der Waals surface area contributed by atoms with Gasteiger partial charge in [0.2, 0.25) is 5.82 Å². The summed E-state index contributed by atoms with van der Waals surface area (Å²) in [5, 5.41) is 6.84. The molecule has 7 heteroatoms. The zero-order valence-electron chi connectivity index (χ0n) is 10.6. The van der Waals surface area contributed by atoms with Crippen molar-refractivity contribution in [1.82, 2.24) is 24.9 Å². The van der Waals surface area contributed by atoms with Crippen molar-refractivity contribution in [3.05, 3.63) is 23.3 Å². The highest BCUT2D eigenvalue weighted by Gasteiger charge is 2.16. The largest absolute Gasteiger partial charge is 0.346 e. The van der Waals surface area contributed by atoms with Crippen LogP contribution in [-0.2, 0) is 0 Å². The zero-order chi connectivity index (χ0) is 13.3. The van der Waals surface area contributed by atoms with Crippen molar-refractivity contribution in [2.45, 2.75) is 26.8 Å². The van der Waals surface area contributed by atoms with Gasteiger partial charge in [-0.05, 0) is 26.8 Å². The molecule has 3 N–H and O–H groups in total. The van der Waals surface area contributed by atoms with Gasteiger partial charge in [-0.2, -0.15) is 4.98 Å². The lowest BCUT2D eigenvalue weighted by Crippen LogP contribution is -2.38. The number of nitrogens with two attached hydrogens (primary N) is 1. The number of fused-ring (bicyclic) bond motifs is 1. The zero-order valence-corrected chi connectivity index (χ0v) is 10.6.